The van der Waals surface area contributed by atoms with Gasteiger partial charge in [0.1, 0.15) is 11.6 Å². The molecule has 0 atom stereocenters. The molecule has 0 aliphatic rings. The molecule has 2 aromatic carbocycles. The molecule has 1 amide bonds. The van der Waals surface area contributed by atoms with E-state index in [1.165, 1.54) is 12.3 Å². The summed E-state index contributed by atoms with van der Waals surface area (Å²) in [6.07, 6.45) is 1.49. The Kier molecular flexibility index (Phi) is 5.04. The highest BCUT2D eigenvalue weighted by atomic mass is 19.1. The van der Waals surface area contributed by atoms with Gasteiger partial charge in [0.05, 0.1) is 23.4 Å². The number of nitrogens with one attached hydrogen (secondary N) is 1. The molecule has 0 bridgehead atoms. The molecule has 1 aromatic heterocycles. The second kappa shape index (κ2) is 7.57. The minimum atomic E-state index is -0.744. The predicted octanol–water partition coefficient (Wildman–Crippen LogP) is 4.06. The predicted molar refractivity (Wildman–Crippen MR) is 90.0 cm³/mol. The summed E-state index contributed by atoms with van der Waals surface area (Å²) >= 11 is 0. The maximum absolute atomic E-state index is 13.7. The van der Waals surface area contributed by atoms with Crippen molar-refractivity contribution in [3.05, 3.63) is 71.8 Å². The summed E-state index contributed by atoms with van der Waals surface area (Å²) in [5, 5.41) is 11.4. The van der Waals surface area contributed by atoms with Crippen molar-refractivity contribution in [2.45, 2.75) is 12.8 Å². The fraction of sp³-hybridized carbons (Fsp3) is 0.105. The third kappa shape index (κ3) is 3.92. The molecule has 3 aromatic rings. The van der Waals surface area contributed by atoms with E-state index in [9.17, 15) is 13.6 Å². The van der Waals surface area contributed by atoms with E-state index in [2.05, 4.69) is 10.3 Å². The van der Waals surface area contributed by atoms with Gasteiger partial charge < -0.3 is 9.73 Å². The van der Waals surface area contributed by atoms with Crippen molar-refractivity contribution in [1.82, 2.24) is 4.98 Å². The van der Waals surface area contributed by atoms with E-state index < -0.39 is 11.6 Å². The van der Waals surface area contributed by atoms with Crippen LogP contribution in [0.15, 0.2) is 53.1 Å². The van der Waals surface area contributed by atoms with Crippen LogP contribution in [0.25, 0.3) is 11.3 Å². The number of carbonyl (C=O) groups is 1. The second-order valence-corrected chi connectivity index (χ2v) is 5.45. The molecule has 7 heteroatoms. The number of halogens is 2. The zero-order valence-electron chi connectivity index (χ0n) is 13.5. The Morgan fingerprint density at radius 3 is 2.50 bits per heavy atom. The zero-order chi connectivity index (χ0) is 18.5. The summed E-state index contributed by atoms with van der Waals surface area (Å²) in [5.74, 6) is -1.58. The van der Waals surface area contributed by atoms with Crippen LogP contribution in [0.3, 0.4) is 0 Å². The van der Waals surface area contributed by atoms with Gasteiger partial charge in [0, 0.05) is 18.5 Å². The molecule has 3 rings (SSSR count). The molecule has 0 saturated carbocycles. The zero-order valence-corrected chi connectivity index (χ0v) is 13.5. The SMILES string of the molecule is N#Cc1ccc(NC(=O)CCc2ncc(-c3c(F)cccc3F)o2)cc1. The Hall–Kier alpha value is -3.53. The molecule has 0 fully saturated rings. The quantitative estimate of drug-likeness (QED) is 0.750. The maximum Gasteiger partial charge on any atom is 0.224 e. The Labute approximate surface area is 147 Å². The molecule has 0 saturated heterocycles. The van der Waals surface area contributed by atoms with Gasteiger partial charge in [-0.15, -0.1) is 0 Å². The lowest BCUT2D eigenvalue weighted by molar-refractivity contribution is -0.116. The first kappa shape index (κ1) is 17.3. The normalized spacial score (nSPS) is 10.3. The standard InChI is InChI=1S/C19H13F2N3O2/c20-14-2-1-3-15(21)19(14)16-11-23-18(26-16)9-8-17(25)24-13-6-4-12(10-22)5-7-13/h1-7,11H,8-9H2,(H,24,25). The number of rotatable bonds is 5. The lowest BCUT2D eigenvalue weighted by Gasteiger charge is -2.04. The topological polar surface area (TPSA) is 78.9 Å². The lowest BCUT2D eigenvalue weighted by atomic mass is 10.1. The van der Waals surface area contributed by atoms with Gasteiger partial charge in [-0.05, 0) is 36.4 Å². The number of amides is 1. The summed E-state index contributed by atoms with van der Waals surface area (Å²) in [6.45, 7) is 0. The van der Waals surface area contributed by atoms with Crippen molar-refractivity contribution in [2.75, 3.05) is 5.32 Å². The van der Waals surface area contributed by atoms with Crippen molar-refractivity contribution in [3.63, 3.8) is 0 Å². The smallest absolute Gasteiger partial charge is 0.224 e. The van der Waals surface area contributed by atoms with Crippen molar-refractivity contribution >= 4 is 11.6 Å². The van der Waals surface area contributed by atoms with Gasteiger partial charge in [-0.3, -0.25) is 4.79 Å². The van der Waals surface area contributed by atoms with Crippen LogP contribution in [0.1, 0.15) is 17.9 Å². The van der Waals surface area contributed by atoms with Crippen LogP contribution < -0.4 is 5.32 Å². The molecule has 0 unspecified atom stereocenters. The summed E-state index contributed by atoms with van der Waals surface area (Å²) in [4.78, 5) is 15.9. The molecule has 5 nitrogen and oxygen atoms in total. The molecule has 0 aliphatic heterocycles. The molecule has 0 aliphatic carbocycles. The van der Waals surface area contributed by atoms with Crippen LogP contribution in [-0.4, -0.2) is 10.9 Å². The molecule has 130 valence electrons. The van der Waals surface area contributed by atoms with E-state index in [-0.39, 0.29) is 36.0 Å². The first-order chi connectivity index (χ1) is 12.6. The summed E-state index contributed by atoms with van der Waals surface area (Å²) in [7, 11) is 0. The number of anilines is 1. The number of benzene rings is 2. The summed E-state index contributed by atoms with van der Waals surface area (Å²) in [5.41, 5.74) is 0.777. The van der Waals surface area contributed by atoms with Crippen LogP contribution in [-0.2, 0) is 11.2 Å². The fourth-order valence-electron chi connectivity index (χ4n) is 2.35. The molecular weight excluding hydrogens is 340 g/mol. The highest BCUT2D eigenvalue weighted by Gasteiger charge is 2.16. The number of oxazole rings is 1. The lowest BCUT2D eigenvalue weighted by Crippen LogP contribution is -2.12. The monoisotopic (exact) mass is 353 g/mol. The van der Waals surface area contributed by atoms with Crippen molar-refractivity contribution in [1.29, 1.82) is 5.26 Å². The van der Waals surface area contributed by atoms with Gasteiger partial charge in [0.25, 0.3) is 0 Å². The van der Waals surface area contributed by atoms with Gasteiger partial charge in [0.15, 0.2) is 11.7 Å². The number of hydrogen-bond acceptors (Lipinski definition) is 4. The van der Waals surface area contributed by atoms with E-state index in [1.54, 1.807) is 24.3 Å². The van der Waals surface area contributed by atoms with E-state index in [4.69, 9.17) is 9.68 Å². The Bertz CT molecular complexity index is 955. The Morgan fingerprint density at radius 1 is 1.15 bits per heavy atom. The van der Waals surface area contributed by atoms with Gasteiger partial charge in [-0.25, -0.2) is 13.8 Å². The van der Waals surface area contributed by atoms with E-state index >= 15 is 0 Å². The van der Waals surface area contributed by atoms with E-state index in [1.807, 2.05) is 6.07 Å². The number of nitriles is 1. The first-order valence-corrected chi connectivity index (χ1v) is 7.76. The first-order valence-electron chi connectivity index (χ1n) is 7.76. The molecule has 1 heterocycles. The van der Waals surface area contributed by atoms with Crippen LogP contribution in [0.5, 0.6) is 0 Å². The van der Waals surface area contributed by atoms with Crippen molar-refractivity contribution < 1.29 is 18.0 Å². The average molecular weight is 353 g/mol. The van der Waals surface area contributed by atoms with Gasteiger partial charge in [-0.2, -0.15) is 5.26 Å². The van der Waals surface area contributed by atoms with Crippen LogP contribution in [0, 0.1) is 23.0 Å². The highest BCUT2D eigenvalue weighted by Crippen LogP contribution is 2.26. The second-order valence-electron chi connectivity index (χ2n) is 5.45. The van der Waals surface area contributed by atoms with Crippen molar-refractivity contribution in [3.8, 4) is 17.4 Å². The van der Waals surface area contributed by atoms with Gasteiger partial charge in [0.2, 0.25) is 5.91 Å². The molecule has 0 radical (unpaired) electrons. The fourth-order valence-corrected chi connectivity index (χ4v) is 2.35. The third-order valence-electron chi connectivity index (χ3n) is 3.63. The number of hydrogen-bond donors (Lipinski definition) is 1. The molecule has 0 spiro atoms. The number of aromatic nitrogens is 1. The number of aryl methyl sites for hydroxylation is 1. The van der Waals surface area contributed by atoms with E-state index in [0.717, 1.165) is 12.1 Å². The van der Waals surface area contributed by atoms with Gasteiger partial charge in [-0.1, -0.05) is 6.07 Å². The van der Waals surface area contributed by atoms with Crippen LogP contribution in [0.2, 0.25) is 0 Å². The Morgan fingerprint density at radius 2 is 1.85 bits per heavy atom. The number of nitrogens with zero attached hydrogens (tertiary/aromatic N) is 2. The molecular formula is C19H13F2N3O2. The molecule has 1 N–H and O–H groups in total. The number of carbonyl (C=O) groups excluding carboxylic acids is 1. The largest absolute Gasteiger partial charge is 0.441 e. The molecule has 26 heavy (non-hydrogen) atoms. The van der Waals surface area contributed by atoms with Crippen LogP contribution >= 0.6 is 0 Å². The summed E-state index contributed by atoms with van der Waals surface area (Å²) in [6, 6.07) is 12.0. The van der Waals surface area contributed by atoms with E-state index in [0.29, 0.717) is 11.3 Å². The average Bonchev–Trinajstić information content (AvgIpc) is 3.09. The highest BCUT2D eigenvalue weighted by molar-refractivity contribution is 5.90. The third-order valence-corrected chi connectivity index (χ3v) is 3.63. The van der Waals surface area contributed by atoms with Crippen molar-refractivity contribution in [2.24, 2.45) is 0 Å². The van der Waals surface area contributed by atoms with Gasteiger partial charge >= 0.3 is 0 Å². The maximum atomic E-state index is 13.7. The summed E-state index contributed by atoms with van der Waals surface area (Å²) < 4.78 is 32.8. The Balaban J connectivity index is 1.61. The minimum Gasteiger partial charge on any atom is -0.441 e. The van der Waals surface area contributed by atoms with Crippen LogP contribution in [0.4, 0.5) is 14.5 Å². The minimum absolute atomic E-state index is 0.0249.